The predicted octanol–water partition coefficient (Wildman–Crippen LogP) is 1.29. The van der Waals surface area contributed by atoms with Gasteiger partial charge in [-0.25, -0.2) is 0 Å². The van der Waals surface area contributed by atoms with Gasteiger partial charge >= 0.3 is 0 Å². The van der Waals surface area contributed by atoms with Gasteiger partial charge in [-0.2, -0.15) is 0 Å². The Labute approximate surface area is 68.8 Å². The van der Waals surface area contributed by atoms with E-state index in [0.717, 1.165) is 0 Å². The molecule has 0 aliphatic carbocycles. The zero-order chi connectivity index (χ0) is 7.11. The van der Waals surface area contributed by atoms with Crippen LogP contribution in [0.5, 0.6) is 0 Å². The molecule has 0 aliphatic rings. The normalized spacial score (nSPS) is 6.30. The fourth-order valence-corrected chi connectivity index (χ4v) is 0.534. The third kappa shape index (κ3) is 5.20. The predicted molar refractivity (Wildman–Crippen MR) is 47.7 cm³/mol. The summed E-state index contributed by atoms with van der Waals surface area (Å²) in [5.41, 5.74) is 1.32. The molecule has 54 valence electrons. The number of hydrogen-bond donors (Lipinski definition) is 0. The molecule has 0 fully saturated rings. The summed E-state index contributed by atoms with van der Waals surface area (Å²) in [6, 6.07) is 10.3. The van der Waals surface area contributed by atoms with E-state index in [1.54, 1.807) is 0 Å². The van der Waals surface area contributed by atoms with Crippen molar-refractivity contribution in [2.75, 3.05) is 0 Å². The van der Waals surface area contributed by atoms with Gasteiger partial charge in [-0.05, 0) is 6.92 Å². The first-order valence-electron chi connectivity index (χ1n) is 2.63. The molecule has 1 aromatic carbocycles. The third-order valence-electron chi connectivity index (χ3n) is 0.940. The zero-order valence-corrected chi connectivity index (χ0v) is 7.07. The number of aryl methyl sites for hydroxylation is 1. The van der Waals surface area contributed by atoms with Crippen LogP contribution in [0.25, 0.3) is 0 Å². The first-order chi connectivity index (χ1) is 4.39. The van der Waals surface area contributed by atoms with Crippen LogP contribution in [0, 0.1) is 18.8 Å². The molecular formula is C8H11NS. The van der Waals surface area contributed by atoms with Crippen LogP contribution in [0.2, 0.25) is 0 Å². The summed E-state index contributed by atoms with van der Waals surface area (Å²) in [5.74, 6) is 0. The Morgan fingerprint density at radius 2 is 1.50 bits per heavy atom. The molecule has 1 aromatic rings. The molecule has 10 heavy (non-hydrogen) atoms. The number of benzene rings is 1. The molecule has 0 unspecified atom stereocenters. The molecule has 0 atom stereocenters. The largest absolute Gasteiger partial charge is 0.512 e. The smallest absolute Gasteiger partial charge is 0.0398 e. The number of nitrogens with zero attached hydrogens (tertiary/aromatic N) is 1. The van der Waals surface area contributed by atoms with E-state index in [2.05, 4.69) is 19.1 Å². The van der Waals surface area contributed by atoms with Gasteiger partial charge < -0.3 is 11.8 Å². The average Bonchev–Trinajstić information content (AvgIpc) is 1.94. The summed E-state index contributed by atoms with van der Waals surface area (Å²) < 4.78 is 0. The van der Waals surface area contributed by atoms with Crippen LogP contribution in [0.4, 0.5) is 0 Å². The summed E-state index contributed by atoms with van der Waals surface area (Å²) in [5, 5.41) is 6.25. The van der Waals surface area contributed by atoms with Gasteiger partial charge in [-0.15, -0.1) is 0 Å². The van der Waals surface area contributed by atoms with E-state index in [4.69, 9.17) is 11.8 Å². The molecule has 2 heteroatoms. The van der Waals surface area contributed by atoms with Crippen LogP contribution in [-0.4, -0.2) is 0 Å². The van der Waals surface area contributed by atoms with Crippen LogP contribution in [0.3, 0.4) is 0 Å². The summed E-state index contributed by atoms with van der Waals surface area (Å²) in [7, 11) is 0. The molecule has 0 bridgehead atoms. The van der Waals surface area contributed by atoms with Crippen molar-refractivity contribution in [3.63, 3.8) is 0 Å². The lowest BCUT2D eigenvalue weighted by Crippen LogP contribution is -1.62. The summed E-state index contributed by atoms with van der Waals surface area (Å²) >= 11 is 0. The van der Waals surface area contributed by atoms with Crippen LogP contribution < -0.4 is 0 Å². The third-order valence-corrected chi connectivity index (χ3v) is 0.940. The zero-order valence-electron chi connectivity index (χ0n) is 5.91. The molecule has 0 saturated heterocycles. The Morgan fingerprint density at radius 1 is 1.10 bits per heavy atom. The highest BCUT2D eigenvalue weighted by Crippen LogP contribution is 1.92. The van der Waals surface area contributed by atoms with Gasteiger partial charge in [0.1, 0.15) is 0 Å². The maximum atomic E-state index is 6.25. The van der Waals surface area contributed by atoms with E-state index in [9.17, 15) is 0 Å². The van der Waals surface area contributed by atoms with Crippen LogP contribution in [0.15, 0.2) is 30.3 Å². The van der Waals surface area contributed by atoms with Crippen LogP contribution >= 0.6 is 0 Å². The van der Waals surface area contributed by atoms with Crippen molar-refractivity contribution >= 4 is 13.5 Å². The molecule has 0 N–H and O–H groups in total. The minimum atomic E-state index is 0. The SMILES string of the molecule is Cc1ccccc1.[C-]#N.[SH3+]. The second kappa shape index (κ2) is 8.06. The topological polar surface area (TPSA) is 23.8 Å². The van der Waals surface area contributed by atoms with Crippen molar-refractivity contribution in [2.45, 2.75) is 6.92 Å². The molecule has 0 aromatic heterocycles. The molecule has 0 aliphatic heterocycles. The van der Waals surface area contributed by atoms with Crippen molar-refractivity contribution in [3.05, 3.63) is 42.5 Å². The van der Waals surface area contributed by atoms with Gasteiger partial charge in [0.15, 0.2) is 0 Å². The lowest BCUT2D eigenvalue weighted by atomic mass is 10.2. The standard InChI is InChI=1S/C7H8.CN.H2S/c1-7-5-3-2-4-6-7;1-2;/h2-6H,1H3;;1H2/q;-1;/p+1. The number of hydrogen-bond acceptors (Lipinski definition) is 1. The Morgan fingerprint density at radius 3 is 1.70 bits per heavy atom. The van der Waals surface area contributed by atoms with Gasteiger partial charge in [-0.3, -0.25) is 0 Å². The maximum absolute atomic E-state index is 6.25. The molecule has 0 radical (unpaired) electrons. The van der Waals surface area contributed by atoms with Crippen molar-refractivity contribution in [1.82, 2.24) is 0 Å². The van der Waals surface area contributed by atoms with Crippen LogP contribution in [-0.2, 0) is 13.5 Å². The van der Waals surface area contributed by atoms with Gasteiger partial charge in [0.25, 0.3) is 0 Å². The molecular weight excluding hydrogens is 142 g/mol. The highest BCUT2D eigenvalue weighted by atomic mass is 32.1. The van der Waals surface area contributed by atoms with Crippen LogP contribution in [0.1, 0.15) is 5.56 Å². The first-order valence-corrected chi connectivity index (χ1v) is 2.63. The Hall–Kier alpha value is -0.940. The average molecular weight is 153 g/mol. The van der Waals surface area contributed by atoms with Gasteiger partial charge in [0.2, 0.25) is 0 Å². The summed E-state index contributed by atoms with van der Waals surface area (Å²) in [4.78, 5) is 0. The molecule has 1 nitrogen and oxygen atoms in total. The Kier molecular flexibility index (Phi) is 9.52. The second-order valence-electron chi connectivity index (χ2n) is 1.65. The van der Waals surface area contributed by atoms with Crippen molar-refractivity contribution in [1.29, 1.82) is 5.26 Å². The first kappa shape index (κ1) is 11.8. The van der Waals surface area contributed by atoms with E-state index >= 15 is 0 Å². The van der Waals surface area contributed by atoms with Crippen molar-refractivity contribution in [2.24, 2.45) is 0 Å². The fourth-order valence-electron chi connectivity index (χ4n) is 0.534. The summed E-state index contributed by atoms with van der Waals surface area (Å²) in [6.45, 7) is 6.83. The van der Waals surface area contributed by atoms with Crippen molar-refractivity contribution in [3.8, 4) is 0 Å². The summed E-state index contributed by atoms with van der Waals surface area (Å²) in [6.07, 6.45) is 0. The van der Waals surface area contributed by atoms with Gasteiger partial charge in [-0.1, -0.05) is 49.4 Å². The van der Waals surface area contributed by atoms with E-state index < -0.39 is 0 Å². The Bertz CT molecular complexity index is 169. The Balaban J connectivity index is 0. The maximum Gasteiger partial charge on any atom is -0.0398 e. The minimum absolute atomic E-state index is 0. The molecule has 0 saturated carbocycles. The van der Waals surface area contributed by atoms with Gasteiger partial charge in [0.05, 0.1) is 0 Å². The monoisotopic (exact) mass is 153 g/mol. The van der Waals surface area contributed by atoms with E-state index in [1.165, 1.54) is 5.56 Å². The van der Waals surface area contributed by atoms with E-state index in [1.807, 2.05) is 18.2 Å². The second-order valence-corrected chi connectivity index (χ2v) is 1.65. The fraction of sp³-hybridized carbons (Fsp3) is 0.125. The van der Waals surface area contributed by atoms with E-state index in [0.29, 0.717) is 0 Å². The lowest BCUT2D eigenvalue weighted by Gasteiger charge is -1.82. The molecule has 0 amide bonds. The highest BCUT2D eigenvalue weighted by Gasteiger charge is 1.72. The number of rotatable bonds is 0. The highest BCUT2D eigenvalue weighted by molar-refractivity contribution is 7.37. The van der Waals surface area contributed by atoms with E-state index in [-0.39, 0.29) is 13.5 Å². The molecule has 0 heterocycles. The molecule has 0 spiro atoms. The quantitative estimate of drug-likeness (QED) is 0.407. The lowest BCUT2D eigenvalue weighted by molar-refractivity contribution is 1.48. The minimum Gasteiger partial charge on any atom is -0.512 e. The van der Waals surface area contributed by atoms with Gasteiger partial charge in [0, 0.05) is 0 Å². The van der Waals surface area contributed by atoms with Crippen molar-refractivity contribution < 1.29 is 0 Å². The molecule has 1 rings (SSSR count).